The zero-order valence-electron chi connectivity index (χ0n) is 37.0. The number of primary amides is 1. The molecule has 340 valence electrons. The minimum absolute atomic E-state index is 0.0425. The standard InChI is InChI=1S/C23H38N4O5S2.C8H8N2.C6H14N2O2.C2H4O2.C2H6/c1-6-9-21(30)26-18(16(4)28)13-33-34-14-19(25-15(3)7-2)23(32)24-12-22(31)27-11-8-10-20(27)17(5)29;1-6-5-10-8-7(6)3-2-4-9-8;1-3-8-5(4(2)9)6(7)10;1-2(3)4;1-2/h18-20,25H,3,6-14H2,1-2,4-5H3,(H,24,32)(H,26,30);2-5H,1H3,(H,9,10);4-5,8-9H,3H2,1-2H3,(H2,7,10);1H3,(H,3,4);1-2H3. The Morgan fingerprint density at radius 2 is 1.63 bits per heavy atom. The van der Waals surface area contributed by atoms with Crippen LogP contribution in [0, 0.1) is 6.92 Å². The number of likely N-dealkylation sites (N-methyl/N-ethyl adjacent to an activating group) is 1. The number of nitrogens with one attached hydrogen (secondary N) is 5. The highest BCUT2D eigenvalue weighted by Crippen LogP contribution is 2.24. The summed E-state index contributed by atoms with van der Waals surface area (Å²) in [5.74, 6) is -1.51. The molecule has 0 saturated carbocycles. The van der Waals surface area contributed by atoms with Crippen LogP contribution in [-0.2, 0) is 33.6 Å². The monoisotopic (exact) mass is 882 g/mol. The number of aliphatic hydroxyl groups is 1. The van der Waals surface area contributed by atoms with Crippen LogP contribution in [0.15, 0.2) is 36.8 Å². The molecule has 3 rings (SSSR count). The van der Waals surface area contributed by atoms with E-state index in [0.29, 0.717) is 56.0 Å². The van der Waals surface area contributed by atoms with E-state index in [1.165, 1.54) is 58.2 Å². The van der Waals surface area contributed by atoms with Gasteiger partial charge in [-0.15, -0.1) is 0 Å². The number of pyridine rings is 1. The molecule has 17 nitrogen and oxygen atoms in total. The van der Waals surface area contributed by atoms with Crippen LogP contribution in [-0.4, -0.2) is 128 Å². The predicted molar refractivity (Wildman–Crippen MR) is 241 cm³/mol. The number of H-pyrrole nitrogens is 1. The van der Waals surface area contributed by atoms with Crippen molar-refractivity contribution in [2.45, 2.75) is 132 Å². The molecule has 9 N–H and O–H groups in total. The highest BCUT2D eigenvalue weighted by atomic mass is 33.1. The molecule has 3 heterocycles. The Morgan fingerprint density at radius 1 is 1.03 bits per heavy atom. The molecule has 1 aliphatic rings. The number of carboxylic acids is 1. The number of aliphatic carboxylic acids is 1. The zero-order chi connectivity index (χ0) is 46.4. The number of ketones is 2. The topological polar surface area (TPSA) is 266 Å². The van der Waals surface area contributed by atoms with Crippen LogP contribution in [0.3, 0.4) is 0 Å². The van der Waals surface area contributed by atoms with Crippen LogP contribution < -0.4 is 27.0 Å². The molecule has 5 unspecified atom stereocenters. The molecule has 0 bridgehead atoms. The molecule has 1 fully saturated rings. The van der Waals surface area contributed by atoms with Crippen molar-refractivity contribution in [2.24, 2.45) is 5.73 Å². The number of allylic oxidation sites excluding steroid dienone is 1. The Hall–Kier alpha value is -4.46. The SMILES string of the molecule is C=C(CC)NC(CSSCC(NC(=O)CCC)C(C)=O)C(=O)NCC(=O)N1CCCC1C(C)=O.CC.CC(=O)O.CCNC(C(N)=O)C(C)O.Cc1c[nH]c2ncccc12. The van der Waals surface area contributed by atoms with Gasteiger partial charge in [0.1, 0.15) is 17.7 Å². The van der Waals surface area contributed by atoms with E-state index in [0.717, 1.165) is 19.0 Å². The molecule has 1 saturated heterocycles. The summed E-state index contributed by atoms with van der Waals surface area (Å²) in [6.07, 6.45) is 6.19. The molecule has 2 aromatic heterocycles. The Kier molecular flexibility index (Phi) is 32.0. The molecule has 5 atom stereocenters. The van der Waals surface area contributed by atoms with Gasteiger partial charge in [-0.1, -0.05) is 62.8 Å². The summed E-state index contributed by atoms with van der Waals surface area (Å²) in [5, 5.41) is 28.8. The number of likely N-dealkylation sites (tertiary alicyclic amines) is 1. The number of Topliss-reactive ketones (excluding diaryl/α,β-unsaturated/α-hetero) is 2. The molecule has 60 heavy (non-hydrogen) atoms. The maximum Gasteiger partial charge on any atom is 0.300 e. The number of aromatic nitrogens is 2. The van der Waals surface area contributed by atoms with Crippen LogP contribution >= 0.6 is 21.6 Å². The van der Waals surface area contributed by atoms with Gasteiger partial charge in [-0.3, -0.25) is 33.6 Å². The number of amides is 4. The minimum atomic E-state index is -0.833. The molecule has 0 aromatic carbocycles. The number of hydrogen-bond acceptors (Lipinski definition) is 13. The van der Waals surface area contributed by atoms with Crippen LogP contribution in [0.2, 0.25) is 0 Å². The van der Waals surface area contributed by atoms with Gasteiger partial charge in [0.15, 0.2) is 11.6 Å². The fourth-order valence-electron chi connectivity index (χ4n) is 5.21. The number of hydrogen-bond donors (Lipinski definition) is 8. The largest absolute Gasteiger partial charge is 0.481 e. The molecule has 4 amide bonds. The number of nitrogens with zero attached hydrogens (tertiary/aromatic N) is 2. The van der Waals surface area contributed by atoms with Gasteiger partial charge in [0.25, 0.3) is 5.97 Å². The van der Waals surface area contributed by atoms with Gasteiger partial charge in [0.05, 0.1) is 24.7 Å². The number of carbonyl (C=O) groups is 7. The first-order valence-corrected chi connectivity index (χ1v) is 22.6. The highest BCUT2D eigenvalue weighted by molar-refractivity contribution is 8.76. The van der Waals surface area contributed by atoms with E-state index in [1.807, 2.05) is 46.9 Å². The Labute approximate surface area is 363 Å². The van der Waals surface area contributed by atoms with E-state index < -0.39 is 42.1 Å². The smallest absolute Gasteiger partial charge is 0.300 e. The van der Waals surface area contributed by atoms with Crippen molar-refractivity contribution in [1.82, 2.24) is 36.1 Å². The lowest BCUT2D eigenvalue weighted by Gasteiger charge is -2.24. The van der Waals surface area contributed by atoms with Crippen molar-refractivity contribution >= 4 is 73.8 Å². The van der Waals surface area contributed by atoms with Crippen molar-refractivity contribution in [3.8, 4) is 0 Å². The number of aryl methyl sites for hydroxylation is 1. The molecule has 19 heteroatoms. The lowest BCUT2D eigenvalue weighted by Crippen LogP contribution is -2.50. The lowest BCUT2D eigenvalue weighted by atomic mass is 10.1. The molecular weight excluding hydrogens is 813 g/mol. The summed E-state index contributed by atoms with van der Waals surface area (Å²) in [7, 11) is 2.80. The third-order valence-corrected chi connectivity index (χ3v) is 10.7. The van der Waals surface area contributed by atoms with Gasteiger partial charge in [-0.25, -0.2) is 4.98 Å². The van der Waals surface area contributed by atoms with E-state index in [-0.39, 0.29) is 35.8 Å². The molecule has 0 aliphatic carbocycles. The third-order valence-electron chi connectivity index (χ3n) is 8.30. The quantitative estimate of drug-likeness (QED) is 0.0698. The maximum absolute atomic E-state index is 12.8. The number of aliphatic hydroxyl groups excluding tert-OH is 1. The number of carbonyl (C=O) groups excluding carboxylic acids is 6. The second-order valence-electron chi connectivity index (χ2n) is 13.3. The van der Waals surface area contributed by atoms with Gasteiger partial charge < -0.3 is 47.1 Å². The average molecular weight is 883 g/mol. The Bertz CT molecular complexity index is 1640. The molecule has 0 radical (unpaired) electrons. The van der Waals surface area contributed by atoms with Crippen LogP contribution in [0.4, 0.5) is 0 Å². The van der Waals surface area contributed by atoms with Gasteiger partial charge in [0.2, 0.25) is 23.6 Å². The van der Waals surface area contributed by atoms with Crippen molar-refractivity contribution in [1.29, 1.82) is 0 Å². The van der Waals surface area contributed by atoms with Crippen molar-refractivity contribution in [3.63, 3.8) is 0 Å². The molecule has 0 spiro atoms. The number of rotatable bonds is 20. The average Bonchev–Trinajstić information content (AvgIpc) is 3.85. The van der Waals surface area contributed by atoms with Crippen LogP contribution in [0.1, 0.15) is 100.0 Å². The summed E-state index contributed by atoms with van der Waals surface area (Å²) < 4.78 is 0. The van der Waals surface area contributed by atoms with Gasteiger partial charge in [-0.2, -0.15) is 0 Å². The molecule has 2 aromatic rings. The van der Waals surface area contributed by atoms with E-state index >= 15 is 0 Å². The number of fused-ring (bicyclic) bond motifs is 1. The number of nitrogens with two attached hydrogens (primary N) is 1. The van der Waals surface area contributed by atoms with E-state index in [4.69, 9.17) is 20.7 Å². The van der Waals surface area contributed by atoms with Crippen molar-refractivity contribution in [2.75, 3.05) is 31.1 Å². The molecular formula is C41H70N8O9S2. The molecule has 1 aliphatic heterocycles. The van der Waals surface area contributed by atoms with Gasteiger partial charge in [-0.05, 0) is 77.6 Å². The maximum atomic E-state index is 12.8. The minimum Gasteiger partial charge on any atom is -0.481 e. The van der Waals surface area contributed by atoms with E-state index in [2.05, 4.69) is 50.8 Å². The summed E-state index contributed by atoms with van der Waals surface area (Å²) in [4.78, 5) is 89.0. The summed E-state index contributed by atoms with van der Waals surface area (Å²) in [6, 6.07) is 1.79. The fourth-order valence-corrected chi connectivity index (χ4v) is 7.63. The van der Waals surface area contributed by atoms with Crippen molar-refractivity contribution in [3.05, 3.63) is 42.4 Å². The lowest BCUT2D eigenvalue weighted by molar-refractivity contribution is -0.137. The number of carboxylic acid groups (broad SMARTS) is 1. The highest BCUT2D eigenvalue weighted by Gasteiger charge is 2.32. The van der Waals surface area contributed by atoms with Crippen molar-refractivity contribution < 1.29 is 43.8 Å². The summed E-state index contributed by atoms with van der Waals surface area (Å²) >= 11 is 0. The first-order chi connectivity index (χ1) is 28.3. The van der Waals surface area contributed by atoms with Gasteiger partial charge in [0, 0.05) is 54.9 Å². The predicted octanol–water partition coefficient (Wildman–Crippen LogP) is 3.64. The normalized spacial score (nSPS) is 14.6. The fraction of sp³-hybridized carbons (Fsp3) is 0.610. The van der Waals surface area contributed by atoms with E-state index in [9.17, 15) is 28.8 Å². The second kappa shape index (κ2) is 33.3. The number of aromatic amines is 1. The first kappa shape index (κ1) is 57.6. The summed E-state index contributed by atoms with van der Waals surface area (Å²) in [5.41, 5.74) is 7.88. The second-order valence-corrected chi connectivity index (χ2v) is 15.9. The van der Waals surface area contributed by atoms with Crippen LogP contribution in [0.25, 0.3) is 11.0 Å². The third kappa shape index (κ3) is 24.6. The zero-order valence-corrected chi connectivity index (χ0v) is 38.6. The van der Waals surface area contributed by atoms with Gasteiger partial charge >= 0.3 is 0 Å². The Morgan fingerprint density at radius 3 is 2.10 bits per heavy atom. The van der Waals surface area contributed by atoms with E-state index in [1.54, 1.807) is 6.20 Å². The Balaban J connectivity index is 0. The first-order valence-electron chi connectivity index (χ1n) is 20.2. The summed E-state index contributed by atoms with van der Waals surface area (Å²) in [6.45, 7) is 22.1. The van der Waals surface area contributed by atoms with Crippen LogP contribution in [0.5, 0.6) is 0 Å².